The van der Waals surface area contributed by atoms with Crippen LogP contribution >= 0.6 is 11.6 Å². The van der Waals surface area contributed by atoms with Crippen LogP contribution in [0.3, 0.4) is 0 Å². The van der Waals surface area contributed by atoms with Gasteiger partial charge in [0.1, 0.15) is 0 Å². The lowest BCUT2D eigenvalue weighted by Crippen LogP contribution is -2.18. The molecule has 0 saturated heterocycles. The molecule has 1 aromatic heterocycles. The fourth-order valence-electron chi connectivity index (χ4n) is 1.44. The van der Waals surface area contributed by atoms with Crippen molar-refractivity contribution in [3.63, 3.8) is 0 Å². The summed E-state index contributed by atoms with van der Waals surface area (Å²) in [6.45, 7) is 1.49. The molecule has 1 heterocycles. The Balaban J connectivity index is 2.59. The first-order valence-electron chi connectivity index (χ1n) is 4.26. The van der Waals surface area contributed by atoms with Gasteiger partial charge in [0.05, 0.1) is 16.7 Å². The molecule has 0 aliphatic carbocycles. The smallest absolute Gasteiger partial charge is 0.404 e. The summed E-state index contributed by atoms with van der Waals surface area (Å²) in [5.74, 6) is -0.386. The SMILES string of the molecule is Cc1c(OC(F)(F)F)c(Cl)cc2[nH]ncc12. The molecule has 1 N–H and O–H groups in total. The summed E-state index contributed by atoms with van der Waals surface area (Å²) in [6, 6.07) is 1.35. The summed E-state index contributed by atoms with van der Waals surface area (Å²) in [6.07, 6.45) is -3.34. The highest BCUT2D eigenvalue weighted by Gasteiger charge is 2.33. The van der Waals surface area contributed by atoms with E-state index in [9.17, 15) is 13.2 Å². The number of rotatable bonds is 1. The molecule has 0 radical (unpaired) electrons. The molecule has 2 rings (SSSR count). The van der Waals surface area contributed by atoms with Crippen LogP contribution in [0.4, 0.5) is 13.2 Å². The third-order valence-corrected chi connectivity index (χ3v) is 2.40. The van der Waals surface area contributed by atoms with E-state index >= 15 is 0 Å². The molecule has 0 fully saturated rings. The first kappa shape index (κ1) is 11.1. The number of nitrogens with zero attached hydrogens (tertiary/aromatic N) is 1. The van der Waals surface area contributed by atoms with Gasteiger partial charge in [-0.15, -0.1) is 13.2 Å². The number of hydrogen-bond donors (Lipinski definition) is 1. The molecular weight excluding hydrogens is 245 g/mol. The maximum absolute atomic E-state index is 12.1. The Kier molecular flexibility index (Phi) is 2.46. The molecule has 0 saturated carbocycles. The Hall–Kier alpha value is -1.43. The Labute approximate surface area is 93.2 Å². The van der Waals surface area contributed by atoms with Crippen LogP contribution in [-0.4, -0.2) is 16.6 Å². The topological polar surface area (TPSA) is 37.9 Å². The maximum Gasteiger partial charge on any atom is 0.573 e. The van der Waals surface area contributed by atoms with Crippen molar-refractivity contribution in [3.05, 3.63) is 22.8 Å². The van der Waals surface area contributed by atoms with Gasteiger partial charge in [0, 0.05) is 10.9 Å². The van der Waals surface area contributed by atoms with Crippen molar-refractivity contribution < 1.29 is 17.9 Å². The molecular formula is C9H6ClF3N2O. The van der Waals surface area contributed by atoms with Crippen LogP contribution in [0, 0.1) is 6.92 Å². The predicted octanol–water partition coefficient (Wildman–Crippen LogP) is 3.42. The zero-order valence-electron chi connectivity index (χ0n) is 8.02. The van der Waals surface area contributed by atoms with Crippen molar-refractivity contribution >= 4 is 22.5 Å². The number of aromatic amines is 1. The largest absolute Gasteiger partial charge is 0.573 e. The molecule has 0 aliphatic heterocycles. The quantitative estimate of drug-likeness (QED) is 0.842. The van der Waals surface area contributed by atoms with Crippen molar-refractivity contribution in [2.45, 2.75) is 13.3 Å². The molecule has 2 aromatic rings. The second-order valence-electron chi connectivity index (χ2n) is 3.19. The molecule has 3 nitrogen and oxygen atoms in total. The summed E-state index contributed by atoms with van der Waals surface area (Å²) >= 11 is 5.70. The van der Waals surface area contributed by atoms with Crippen LogP contribution in [0.2, 0.25) is 5.02 Å². The zero-order valence-corrected chi connectivity index (χ0v) is 8.78. The van der Waals surface area contributed by atoms with Gasteiger partial charge in [-0.2, -0.15) is 5.10 Å². The molecule has 86 valence electrons. The minimum atomic E-state index is -4.76. The fourth-order valence-corrected chi connectivity index (χ4v) is 1.73. The van der Waals surface area contributed by atoms with Crippen LogP contribution in [0.1, 0.15) is 5.56 Å². The van der Waals surface area contributed by atoms with Crippen molar-refractivity contribution in [2.24, 2.45) is 0 Å². The Morgan fingerprint density at radius 3 is 2.75 bits per heavy atom. The van der Waals surface area contributed by atoms with Gasteiger partial charge in [-0.05, 0) is 13.0 Å². The number of aromatic nitrogens is 2. The normalized spacial score (nSPS) is 12.1. The minimum Gasteiger partial charge on any atom is -0.404 e. The number of aryl methyl sites for hydroxylation is 1. The molecule has 0 unspecified atom stereocenters. The zero-order chi connectivity index (χ0) is 11.9. The third kappa shape index (κ3) is 1.92. The van der Waals surface area contributed by atoms with Crippen LogP contribution in [0.15, 0.2) is 12.3 Å². The average molecular weight is 251 g/mol. The lowest BCUT2D eigenvalue weighted by atomic mass is 10.1. The summed E-state index contributed by atoms with van der Waals surface area (Å²) in [5.41, 5.74) is 0.866. The van der Waals surface area contributed by atoms with Gasteiger partial charge in [0.15, 0.2) is 5.75 Å². The molecule has 7 heteroatoms. The molecule has 0 bridgehead atoms. The highest BCUT2D eigenvalue weighted by atomic mass is 35.5. The van der Waals surface area contributed by atoms with E-state index in [0.717, 1.165) is 0 Å². The van der Waals surface area contributed by atoms with Gasteiger partial charge >= 0.3 is 6.36 Å². The first-order valence-corrected chi connectivity index (χ1v) is 4.64. The Morgan fingerprint density at radius 1 is 1.44 bits per heavy atom. The number of fused-ring (bicyclic) bond motifs is 1. The molecule has 1 aromatic carbocycles. The number of alkyl halides is 3. The van der Waals surface area contributed by atoms with Crippen LogP contribution in [0.25, 0.3) is 10.9 Å². The van der Waals surface area contributed by atoms with Crippen molar-refractivity contribution in [3.8, 4) is 5.75 Å². The Bertz CT molecular complexity index is 535. The van der Waals surface area contributed by atoms with E-state index in [1.807, 2.05) is 0 Å². The second-order valence-corrected chi connectivity index (χ2v) is 3.60. The number of ether oxygens (including phenoxy) is 1. The van der Waals surface area contributed by atoms with Crippen molar-refractivity contribution in [1.29, 1.82) is 0 Å². The average Bonchev–Trinajstić information content (AvgIpc) is 2.58. The fraction of sp³-hybridized carbons (Fsp3) is 0.222. The molecule has 0 aliphatic rings. The number of hydrogen-bond acceptors (Lipinski definition) is 2. The van der Waals surface area contributed by atoms with E-state index in [1.54, 1.807) is 0 Å². The van der Waals surface area contributed by atoms with E-state index in [0.29, 0.717) is 16.5 Å². The van der Waals surface area contributed by atoms with Gasteiger partial charge in [0.25, 0.3) is 0 Å². The molecule has 0 atom stereocenters. The second kappa shape index (κ2) is 3.55. The predicted molar refractivity (Wildman–Crippen MR) is 52.5 cm³/mol. The van der Waals surface area contributed by atoms with E-state index < -0.39 is 6.36 Å². The van der Waals surface area contributed by atoms with E-state index in [1.165, 1.54) is 19.2 Å². The van der Waals surface area contributed by atoms with E-state index in [-0.39, 0.29) is 10.8 Å². The van der Waals surface area contributed by atoms with E-state index in [2.05, 4.69) is 14.9 Å². The first-order chi connectivity index (χ1) is 7.38. The Morgan fingerprint density at radius 2 is 2.12 bits per heavy atom. The van der Waals surface area contributed by atoms with Crippen LogP contribution in [0.5, 0.6) is 5.75 Å². The van der Waals surface area contributed by atoms with Gasteiger partial charge < -0.3 is 4.74 Å². The standard InChI is InChI=1S/C9H6ClF3N2O/c1-4-5-3-14-15-7(5)2-6(10)8(4)16-9(11,12)13/h2-3H,1H3,(H,14,15). The molecule has 0 spiro atoms. The van der Waals surface area contributed by atoms with Crippen LogP contribution in [-0.2, 0) is 0 Å². The van der Waals surface area contributed by atoms with Crippen molar-refractivity contribution in [1.82, 2.24) is 10.2 Å². The highest BCUT2D eigenvalue weighted by Crippen LogP contribution is 2.37. The summed E-state index contributed by atoms with van der Waals surface area (Å²) in [4.78, 5) is 0. The van der Waals surface area contributed by atoms with Gasteiger partial charge in [-0.3, -0.25) is 5.10 Å². The summed E-state index contributed by atoms with van der Waals surface area (Å²) < 4.78 is 40.2. The number of nitrogens with one attached hydrogen (secondary N) is 1. The van der Waals surface area contributed by atoms with Gasteiger partial charge in [-0.1, -0.05) is 11.6 Å². The van der Waals surface area contributed by atoms with Crippen molar-refractivity contribution in [2.75, 3.05) is 0 Å². The summed E-state index contributed by atoms with van der Waals surface area (Å²) in [7, 11) is 0. The lowest BCUT2D eigenvalue weighted by molar-refractivity contribution is -0.274. The monoisotopic (exact) mass is 250 g/mol. The highest BCUT2D eigenvalue weighted by molar-refractivity contribution is 6.33. The summed E-state index contributed by atoms with van der Waals surface area (Å²) in [5, 5.41) is 6.78. The lowest BCUT2D eigenvalue weighted by Gasteiger charge is -2.13. The maximum atomic E-state index is 12.1. The minimum absolute atomic E-state index is 0.105. The van der Waals surface area contributed by atoms with Crippen LogP contribution < -0.4 is 4.74 Å². The van der Waals surface area contributed by atoms with Gasteiger partial charge in [-0.25, -0.2) is 0 Å². The molecule has 0 amide bonds. The van der Waals surface area contributed by atoms with Gasteiger partial charge in [0.2, 0.25) is 0 Å². The number of H-pyrrole nitrogens is 1. The number of halogens is 4. The van der Waals surface area contributed by atoms with E-state index in [4.69, 9.17) is 11.6 Å². The molecule has 16 heavy (non-hydrogen) atoms. The number of benzene rings is 1. The third-order valence-electron chi connectivity index (χ3n) is 2.12.